The van der Waals surface area contributed by atoms with Crippen LogP contribution >= 0.6 is 0 Å². The van der Waals surface area contributed by atoms with E-state index in [-0.39, 0.29) is 23.7 Å². The van der Waals surface area contributed by atoms with Crippen LogP contribution in [0.4, 0.5) is 0 Å². The van der Waals surface area contributed by atoms with Gasteiger partial charge in [-0.3, -0.25) is 0 Å². The van der Waals surface area contributed by atoms with Gasteiger partial charge in [0.05, 0.1) is 0 Å². The molecule has 0 amide bonds. The van der Waals surface area contributed by atoms with Gasteiger partial charge in [-0.05, 0) is 57.7 Å². The van der Waals surface area contributed by atoms with Gasteiger partial charge in [0, 0.05) is 6.07 Å². The average molecular weight is 332 g/mol. The Morgan fingerprint density at radius 3 is 2.50 bits per heavy atom. The second-order valence-corrected chi connectivity index (χ2v) is 6.22. The second-order valence-electron chi connectivity index (χ2n) is 6.22. The summed E-state index contributed by atoms with van der Waals surface area (Å²) in [5.41, 5.74) is 3.19. The van der Waals surface area contributed by atoms with Gasteiger partial charge in [-0.25, -0.2) is 4.79 Å². The molecule has 132 valence electrons. The van der Waals surface area contributed by atoms with E-state index in [9.17, 15) is 15.0 Å². The van der Waals surface area contributed by atoms with E-state index in [1.165, 1.54) is 11.6 Å². The molecule has 0 aromatic heterocycles. The van der Waals surface area contributed by atoms with E-state index < -0.39 is 5.97 Å². The molecule has 0 unspecified atom stereocenters. The van der Waals surface area contributed by atoms with Gasteiger partial charge in [0.2, 0.25) is 0 Å². The van der Waals surface area contributed by atoms with Crippen molar-refractivity contribution in [2.45, 2.75) is 53.4 Å². The number of ether oxygens (including phenoxy) is 1. The van der Waals surface area contributed by atoms with Gasteiger partial charge < -0.3 is 14.9 Å². The minimum Gasteiger partial charge on any atom is -0.508 e. The molecule has 1 rings (SSSR count). The second kappa shape index (κ2) is 9.81. The summed E-state index contributed by atoms with van der Waals surface area (Å²) in [5.74, 6) is -0.862. The molecule has 0 fully saturated rings. The average Bonchev–Trinajstić information content (AvgIpc) is 2.46. The highest BCUT2D eigenvalue weighted by Gasteiger charge is 2.18. The number of phenolic OH excluding ortho intramolecular Hbond substituents is 2. The van der Waals surface area contributed by atoms with E-state index in [4.69, 9.17) is 4.74 Å². The maximum atomic E-state index is 12.3. The molecule has 4 nitrogen and oxygen atoms in total. The topological polar surface area (TPSA) is 66.8 Å². The van der Waals surface area contributed by atoms with Crippen LogP contribution < -0.4 is 0 Å². The molecule has 0 saturated carbocycles. The first kappa shape index (κ1) is 19.8. The maximum Gasteiger partial charge on any atom is 0.342 e. The molecule has 24 heavy (non-hydrogen) atoms. The molecule has 0 heterocycles. The fourth-order valence-electron chi connectivity index (χ4n) is 2.39. The number of aromatic hydroxyl groups is 2. The van der Waals surface area contributed by atoms with Gasteiger partial charge >= 0.3 is 5.97 Å². The zero-order valence-electron chi connectivity index (χ0n) is 15.1. The Bertz CT molecular complexity index is 623. The number of aryl methyl sites for hydroxylation is 1. The first-order chi connectivity index (χ1) is 11.3. The Balaban J connectivity index is 2.70. The van der Waals surface area contributed by atoms with Crippen molar-refractivity contribution in [3.8, 4) is 11.5 Å². The summed E-state index contributed by atoms with van der Waals surface area (Å²) in [6, 6.07) is 2.66. The molecule has 0 aliphatic heterocycles. The molecule has 4 heteroatoms. The molecule has 0 spiro atoms. The van der Waals surface area contributed by atoms with E-state index >= 15 is 0 Å². The van der Waals surface area contributed by atoms with Crippen molar-refractivity contribution in [2.75, 3.05) is 6.61 Å². The third kappa shape index (κ3) is 6.49. The van der Waals surface area contributed by atoms with Crippen LogP contribution in [0.25, 0.3) is 0 Å². The Morgan fingerprint density at radius 1 is 1.17 bits per heavy atom. The predicted octanol–water partition coefficient (Wildman–Crippen LogP) is 4.90. The molecule has 1 aromatic rings. The van der Waals surface area contributed by atoms with Crippen LogP contribution in [0.2, 0.25) is 0 Å². The van der Waals surface area contributed by atoms with E-state index in [0.29, 0.717) is 12.0 Å². The lowest BCUT2D eigenvalue weighted by Crippen LogP contribution is -2.09. The van der Waals surface area contributed by atoms with E-state index in [0.717, 1.165) is 30.9 Å². The minimum absolute atomic E-state index is 0.0532. The van der Waals surface area contributed by atoms with E-state index in [1.54, 1.807) is 0 Å². The number of hydrogen-bond acceptors (Lipinski definition) is 4. The number of hydrogen-bond donors (Lipinski definition) is 2. The van der Waals surface area contributed by atoms with Crippen LogP contribution in [0.3, 0.4) is 0 Å². The normalized spacial score (nSPS) is 11.2. The third-order valence-corrected chi connectivity index (χ3v) is 3.64. The molecule has 0 bridgehead atoms. The van der Waals surface area contributed by atoms with Crippen LogP contribution in [0.1, 0.15) is 62.9 Å². The largest absolute Gasteiger partial charge is 0.508 e. The maximum absolute atomic E-state index is 12.3. The molecule has 1 aromatic carbocycles. The van der Waals surface area contributed by atoms with Crippen LogP contribution in [-0.2, 0) is 11.2 Å². The first-order valence-corrected chi connectivity index (χ1v) is 8.36. The lowest BCUT2D eigenvalue weighted by Gasteiger charge is -2.11. The zero-order valence-corrected chi connectivity index (χ0v) is 15.1. The summed E-state index contributed by atoms with van der Waals surface area (Å²) >= 11 is 0. The van der Waals surface area contributed by atoms with Gasteiger partial charge in [-0.15, -0.1) is 0 Å². The number of rotatable bonds is 8. The smallest absolute Gasteiger partial charge is 0.342 e. The highest BCUT2D eigenvalue weighted by atomic mass is 16.5. The summed E-state index contributed by atoms with van der Waals surface area (Å²) in [6.07, 6.45) is 7.34. The van der Waals surface area contributed by atoms with Crippen molar-refractivity contribution in [2.24, 2.45) is 0 Å². The number of benzene rings is 1. The highest BCUT2D eigenvalue weighted by Crippen LogP contribution is 2.28. The van der Waals surface area contributed by atoms with Crippen LogP contribution in [-0.4, -0.2) is 22.8 Å². The highest BCUT2D eigenvalue weighted by molar-refractivity contribution is 5.94. The van der Waals surface area contributed by atoms with Gasteiger partial charge in [-0.2, -0.15) is 0 Å². The molecule has 0 aliphatic rings. The van der Waals surface area contributed by atoms with Crippen LogP contribution in [0, 0.1) is 0 Å². The summed E-state index contributed by atoms with van der Waals surface area (Å²) in [5, 5.41) is 19.5. The fourth-order valence-corrected chi connectivity index (χ4v) is 2.39. The number of esters is 1. The van der Waals surface area contributed by atoms with Crippen LogP contribution in [0.15, 0.2) is 35.4 Å². The number of phenols is 2. The molecular weight excluding hydrogens is 304 g/mol. The van der Waals surface area contributed by atoms with Crippen molar-refractivity contribution in [3.63, 3.8) is 0 Å². The van der Waals surface area contributed by atoms with Crippen molar-refractivity contribution in [1.82, 2.24) is 0 Å². The Hall–Kier alpha value is -2.23. The molecule has 2 N–H and O–H groups in total. The fraction of sp³-hybridized carbons (Fsp3) is 0.450. The van der Waals surface area contributed by atoms with Crippen molar-refractivity contribution < 1.29 is 19.7 Å². The van der Waals surface area contributed by atoms with Gasteiger partial charge in [0.25, 0.3) is 0 Å². The van der Waals surface area contributed by atoms with E-state index in [2.05, 4.69) is 19.9 Å². The monoisotopic (exact) mass is 332 g/mol. The molecular formula is C20H28O4. The summed E-state index contributed by atoms with van der Waals surface area (Å²) in [7, 11) is 0. The van der Waals surface area contributed by atoms with Crippen molar-refractivity contribution in [3.05, 3.63) is 46.6 Å². The summed E-state index contributed by atoms with van der Waals surface area (Å²) in [4.78, 5) is 12.3. The molecule has 0 saturated heterocycles. The van der Waals surface area contributed by atoms with Gasteiger partial charge in [0.15, 0.2) is 0 Å². The lowest BCUT2D eigenvalue weighted by molar-refractivity contribution is 0.0544. The molecule has 0 radical (unpaired) electrons. The Labute approximate surface area is 144 Å². The number of allylic oxidation sites excluding steroid dienone is 3. The lowest BCUT2D eigenvalue weighted by atomic mass is 10.0. The SMILES string of the molecule is CCCc1cc(O)cc(O)c1C(=O)OCC=C(C)CCC=C(C)C. The number of carbonyl (C=O) groups is 1. The first-order valence-electron chi connectivity index (χ1n) is 8.36. The Morgan fingerprint density at radius 2 is 1.88 bits per heavy atom. The summed E-state index contributed by atoms with van der Waals surface area (Å²) < 4.78 is 5.26. The van der Waals surface area contributed by atoms with E-state index in [1.807, 2.05) is 19.9 Å². The standard InChI is InChI=1S/C20H28O4/c1-5-7-16-12-17(21)13-18(22)19(16)20(23)24-11-10-15(4)9-6-8-14(2)3/h8,10,12-13,21-22H,5-7,9,11H2,1-4H3. The zero-order chi connectivity index (χ0) is 18.1. The third-order valence-electron chi connectivity index (χ3n) is 3.64. The van der Waals surface area contributed by atoms with Crippen molar-refractivity contribution >= 4 is 5.97 Å². The molecule has 0 atom stereocenters. The minimum atomic E-state index is -0.565. The predicted molar refractivity (Wildman–Crippen MR) is 96.5 cm³/mol. The Kier molecular flexibility index (Phi) is 8.10. The number of carbonyl (C=O) groups excluding carboxylic acids is 1. The van der Waals surface area contributed by atoms with Crippen molar-refractivity contribution in [1.29, 1.82) is 0 Å². The van der Waals surface area contributed by atoms with Gasteiger partial charge in [0.1, 0.15) is 23.7 Å². The summed E-state index contributed by atoms with van der Waals surface area (Å²) in [6.45, 7) is 8.28. The van der Waals surface area contributed by atoms with Crippen LogP contribution in [0.5, 0.6) is 11.5 Å². The quantitative estimate of drug-likeness (QED) is 0.525. The molecule has 0 aliphatic carbocycles. The van der Waals surface area contributed by atoms with Gasteiger partial charge in [-0.1, -0.05) is 30.6 Å².